The lowest BCUT2D eigenvalue weighted by Gasteiger charge is -2.20. The van der Waals surface area contributed by atoms with E-state index in [1.165, 1.54) is 11.8 Å². The first-order valence-corrected chi connectivity index (χ1v) is 6.34. The van der Waals surface area contributed by atoms with Crippen molar-refractivity contribution in [2.24, 2.45) is 4.99 Å². The summed E-state index contributed by atoms with van der Waals surface area (Å²) in [6.45, 7) is 2.99. The number of aryl methyl sites for hydroxylation is 1. The number of anilines is 1. The Balaban J connectivity index is 2.54. The van der Waals surface area contributed by atoms with E-state index in [0.29, 0.717) is 17.0 Å². The number of hydrogen-bond donors (Lipinski definition) is 0. The molecule has 0 saturated carbocycles. The molecule has 0 saturated heterocycles. The van der Waals surface area contributed by atoms with E-state index in [4.69, 9.17) is 4.74 Å². The first kappa shape index (κ1) is 14.7. The molecule has 0 unspecified atom stereocenters. The van der Waals surface area contributed by atoms with Crippen molar-refractivity contribution in [3.8, 4) is 0 Å². The minimum atomic E-state index is -0.424. The number of esters is 1. The number of hydrogen-bond acceptors (Lipinski definition) is 5. The van der Waals surface area contributed by atoms with E-state index in [-0.39, 0.29) is 19.1 Å². The van der Waals surface area contributed by atoms with Gasteiger partial charge in [0.25, 0.3) is 5.91 Å². The maximum Gasteiger partial charge on any atom is 0.303 e. The molecule has 1 aliphatic heterocycles. The number of amides is 1. The maximum absolute atomic E-state index is 12.1. The third-order valence-corrected chi connectivity index (χ3v) is 3.06. The third-order valence-electron chi connectivity index (χ3n) is 3.06. The molecule has 0 radical (unpaired) electrons. The lowest BCUT2D eigenvalue weighted by molar-refractivity contribution is -0.139. The van der Waals surface area contributed by atoms with Crippen molar-refractivity contribution in [2.75, 3.05) is 18.1 Å². The van der Waals surface area contributed by atoms with Gasteiger partial charge in [-0.3, -0.25) is 19.5 Å². The van der Waals surface area contributed by atoms with Crippen LogP contribution in [0.15, 0.2) is 29.4 Å². The summed E-state index contributed by atoms with van der Waals surface area (Å²) in [5, 5.41) is 0. The summed E-state index contributed by atoms with van der Waals surface area (Å²) >= 11 is 0. The summed E-state index contributed by atoms with van der Waals surface area (Å²) < 4.78 is 4.98. The van der Waals surface area contributed by atoms with Crippen LogP contribution in [0.2, 0.25) is 0 Å². The zero-order chi connectivity index (χ0) is 15.4. The highest BCUT2D eigenvalue weighted by Crippen LogP contribution is 2.28. The van der Waals surface area contributed by atoms with E-state index in [9.17, 15) is 14.4 Å². The number of ether oxygens (including phenoxy) is 1. The van der Waals surface area contributed by atoms with Crippen molar-refractivity contribution in [3.63, 3.8) is 0 Å². The molecular weight excluding hydrogens is 272 g/mol. The van der Waals surface area contributed by atoms with Crippen LogP contribution in [-0.2, 0) is 19.1 Å². The molecule has 0 atom stereocenters. The van der Waals surface area contributed by atoms with Gasteiger partial charge in [-0.2, -0.15) is 0 Å². The van der Waals surface area contributed by atoms with Gasteiger partial charge in [-0.25, -0.2) is 4.79 Å². The van der Waals surface area contributed by atoms with E-state index in [0.717, 1.165) is 11.8 Å². The minimum Gasteiger partial charge on any atom is -0.459 e. The fourth-order valence-electron chi connectivity index (χ4n) is 2.14. The van der Waals surface area contributed by atoms with E-state index in [1.54, 1.807) is 12.0 Å². The minimum absolute atomic E-state index is 0.0162. The van der Waals surface area contributed by atoms with Crippen LogP contribution < -0.4 is 4.90 Å². The Morgan fingerprint density at radius 1 is 1.52 bits per heavy atom. The molecule has 6 heteroatoms. The lowest BCUT2D eigenvalue weighted by atomic mass is 10.0. The zero-order valence-corrected chi connectivity index (χ0v) is 11.8. The molecule has 1 heterocycles. The Kier molecular flexibility index (Phi) is 4.30. The van der Waals surface area contributed by atoms with Gasteiger partial charge >= 0.3 is 5.97 Å². The number of carbonyl (C=O) groups is 2. The molecule has 1 aliphatic rings. The molecule has 0 fully saturated rings. The Bertz CT molecular complexity index is 672. The van der Waals surface area contributed by atoms with E-state index in [2.05, 4.69) is 4.99 Å². The molecular formula is C15H14N2O4. The molecule has 0 bridgehead atoms. The van der Waals surface area contributed by atoms with Crippen LogP contribution in [0.5, 0.6) is 0 Å². The number of nitrogens with zero attached hydrogens (tertiary/aromatic N) is 2. The van der Waals surface area contributed by atoms with Gasteiger partial charge in [0.2, 0.25) is 0 Å². The summed E-state index contributed by atoms with van der Waals surface area (Å²) in [4.78, 5) is 39.2. The van der Waals surface area contributed by atoms with Crippen molar-refractivity contribution in [2.45, 2.75) is 13.8 Å². The van der Waals surface area contributed by atoms with Crippen LogP contribution in [-0.4, -0.2) is 36.7 Å². The number of carbonyl (C=O) groups excluding carboxylic acids is 3. The van der Waals surface area contributed by atoms with Crippen molar-refractivity contribution in [1.29, 1.82) is 0 Å². The fourth-order valence-corrected chi connectivity index (χ4v) is 2.14. The molecule has 1 aromatic carbocycles. The predicted octanol–water partition coefficient (Wildman–Crippen LogP) is 1.04. The third kappa shape index (κ3) is 3.07. The Morgan fingerprint density at radius 2 is 2.29 bits per heavy atom. The van der Waals surface area contributed by atoms with Crippen LogP contribution >= 0.6 is 0 Å². The average Bonchev–Trinajstić information content (AvgIpc) is 2.57. The Labute approximate surface area is 121 Å². The van der Waals surface area contributed by atoms with Gasteiger partial charge < -0.3 is 4.74 Å². The van der Waals surface area contributed by atoms with E-state index >= 15 is 0 Å². The Morgan fingerprint density at radius 3 is 2.95 bits per heavy atom. The Hall–Kier alpha value is -2.72. The van der Waals surface area contributed by atoms with Crippen LogP contribution in [0.4, 0.5) is 5.69 Å². The molecule has 1 aromatic rings. The molecule has 0 aliphatic carbocycles. The van der Waals surface area contributed by atoms with Gasteiger partial charge in [-0.1, -0.05) is 18.2 Å². The molecule has 0 spiro atoms. The second kappa shape index (κ2) is 6.15. The topological polar surface area (TPSA) is 76.0 Å². The van der Waals surface area contributed by atoms with Crippen LogP contribution in [0, 0.1) is 6.92 Å². The van der Waals surface area contributed by atoms with Gasteiger partial charge in [-0.15, -0.1) is 0 Å². The van der Waals surface area contributed by atoms with Crippen molar-refractivity contribution >= 4 is 29.2 Å². The number of aliphatic imine (C=N–C) groups is 1. The molecule has 108 valence electrons. The van der Waals surface area contributed by atoms with E-state index < -0.39 is 5.97 Å². The number of benzene rings is 1. The number of para-hydroxylation sites is 1. The van der Waals surface area contributed by atoms with Gasteiger partial charge in [0, 0.05) is 12.5 Å². The summed E-state index contributed by atoms with van der Waals surface area (Å²) in [5.74, 6) is 0.858. The molecule has 21 heavy (non-hydrogen) atoms. The molecule has 0 N–H and O–H groups in total. The van der Waals surface area contributed by atoms with Crippen LogP contribution in [0.1, 0.15) is 18.1 Å². The van der Waals surface area contributed by atoms with Gasteiger partial charge in [-0.05, 0) is 12.5 Å². The average molecular weight is 286 g/mol. The standard InChI is InChI=1S/C15H14N2O4/c1-10-4-3-5-12-13(9-21-11(2)19)16-8-14(20)17(6-7-18)15(10)12/h3-6H,8-9H2,1-2H3. The zero-order valence-electron chi connectivity index (χ0n) is 11.8. The summed E-state index contributed by atoms with van der Waals surface area (Å²) in [7, 11) is 0. The number of benzodiazepines with no additional fused rings is 1. The summed E-state index contributed by atoms with van der Waals surface area (Å²) in [6, 6.07) is 5.41. The molecule has 2 rings (SSSR count). The molecule has 0 aromatic heterocycles. The number of fused-ring (bicyclic) bond motifs is 1. The van der Waals surface area contributed by atoms with E-state index in [1.807, 2.05) is 19.1 Å². The lowest BCUT2D eigenvalue weighted by Crippen LogP contribution is -2.27. The van der Waals surface area contributed by atoms with Gasteiger partial charge in [0.05, 0.1) is 17.6 Å². The first-order valence-electron chi connectivity index (χ1n) is 6.34. The largest absolute Gasteiger partial charge is 0.459 e. The van der Waals surface area contributed by atoms with Gasteiger partial charge in [0.15, 0.2) is 0 Å². The normalized spacial score (nSPS) is 13.7. The highest BCUT2D eigenvalue weighted by molar-refractivity contribution is 6.14. The number of rotatable bonds is 3. The first-order chi connectivity index (χ1) is 10.0. The SMILES string of the molecule is CC(=O)OCC1=NCC(=O)N(C=C=O)c2c(C)cccc21. The highest BCUT2D eigenvalue weighted by Gasteiger charge is 2.25. The smallest absolute Gasteiger partial charge is 0.303 e. The van der Waals surface area contributed by atoms with Crippen molar-refractivity contribution < 1.29 is 19.1 Å². The molecule has 1 amide bonds. The summed E-state index contributed by atoms with van der Waals surface area (Å²) in [6.07, 6.45) is 1.05. The van der Waals surface area contributed by atoms with Crippen molar-refractivity contribution in [3.05, 3.63) is 35.5 Å². The second-order valence-corrected chi connectivity index (χ2v) is 4.52. The highest BCUT2D eigenvalue weighted by atomic mass is 16.5. The predicted molar refractivity (Wildman–Crippen MR) is 77.0 cm³/mol. The monoisotopic (exact) mass is 286 g/mol. The molecule has 6 nitrogen and oxygen atoms in total. The van der Waals surface area contributed by atoms with Crippen molar-refractivity contribution in [1.82, 2.24) is 0 Å². The fraction of sp³-hybridized carbons (Fsp3) is 0.267. The quantitative estimate of drug-likeness (QED) is 0.614. The summed E-state index contributed by atoms with van der Waals surface area (Å²) in [5.41, 5.74) is 2.53. The maximum atomic E-state index is 12.1. The van der Waals surface area contributed by atoms with Crippen LogP contribution in [0.3, 0.4) is 0 Å². The van der Waals surface area contributed by atoms with Crippen LogP contribution in [0.25, 0.3) is 0 Å². The second-order valence-electron chi connectivity index (χ2n) is 4.52. The van der Waals surface area contributed by atoms with Gasteiger partial charge in [0.1, 0.15) is 19.1 Å².